The zero-order chi connectivity index (χ0) is 13.6. The van der Waals surface area contributed by atoms with Gasteiger partial charge in [-0.15, -0.1) is 11.8 Å². The number of nitrogens with one attached hydrogen (secondary N) is 1. The molecule has 0 aliphatic heterocycles. The van der Waals surface area contributed by atoms with Gasteiger partial charge in [0, 0.05) is 11.4 Å². The summed E-state index contributed by atoms with van der Waals surface area (Å²) in [6.07, 6.45) is 5.45. The maximum atomic E-state index is 3.64. The summed E-state index contributed by atoms with van der Waals surface area (Å²) in [7, 11) is 0. The normalized spacial score (nSPS) is 18.2. The molecule has 0 heterocycles. The predicted molar refractivity (Wildman–Crippen MR) is 85.8 cm³/mol. The van der Waals surface area contributed by atoms with E-state index in [1.807, 2.05) is 11.8 Å². The van der Waals surface area contributed by atoms with E-state index >= 15 is 0 Å². The summed E-state index contributed by atoms with van der Waals surface area (Å²) in [5.41, 5.74) is 0.511. The lowest BCUT2D eigenvalue weighted by molar-refractivity contribution is 0.250. The third-order valence-electron chi connectivity index (χ3n) is 4.20. The van der Waals surface area contributed by atoms with Gasteiger partial charge in [0.15, 0.2) is 0 Å². The summed E-state index contributed by atoms with van der Waals surface area (Å²) in [5.74, 6) is 2.21. The molecule has 0 bridgehead atoms. The molecule has 0 aromatic heterocycles. The van der Waals surface area contributed by atoms with Gasteiger partial charge in [0.05, 0.1) is 0 Å². The lowest BCUT2D eigenvalue weighted by Gasteiger charge is -2.30. The highest BCUT2D eigenvalue weighted by molar-refractivity contribution is 7.99. The number of hydrogen-bond donors (Lipinski definition) is 1. The van der Waals surface area contributed by atoms with Crippen LogP contribution < -0.4 is 5.32 Å². The Morgan fingerprint density at radius 1 is 1.26 bits per heavy atom. The lowest BCUT2D eigenvalue weighted by atomic mass is 9.82. The van der Waals surface area contributed by atoms with Crippen LogP contribution in [0, 0.1) is 11.3 Å². The molecule has 1 aliphatic carbocycles. The predicted octanol–water partition coefficient (Wildman–Crippen LogP) is 4.58. The molecule has 19 heavy (non-hydrogen) atoms. The van der Waals surface area contributed by atoms with Crippen LogP contribution in [0.15, 0.2) is 35.2 Å². The molecule has 1 N–H and O–H groups in total. The van der Waals surface area contributed by atoms with Gasteiger partial charge in [-0.2, -0.15) is 0 Å². The van der Waals surface area contributed by atoms with Crippen molar-refractivity contribution in [2.45, 2.75) is 44.4 Å². The van der Waals surface area contributed by atoms with Crippen LogP contribution in [0.1, 0.15) is 39.5 Å². The second-order valence-electron chi connectivity index (χ2n) is 6.02. The summed E-state index contributed by atoms with van der Waals surface area (Å²) in [4.78, 5) is 1.40. The first kappa shape index (κ1) is 14.9. The number of hydrogen-bond acceptors (Lipinski definition) is 2. The molecule has 1 unspecified atom stereocenters. The summed E-state index contributed by atoms with van der Waals surface area (Å²) in [6, 6.07) is 10.8. The van der Waals surface area contributed by atoms with Crippen molar-refractivity contribution in [2.24, 2.45) is 11.3 Å². The minimum Gasteiger partial charge on any atom is -0.316 e. The van der Waals surface area contributed by atoms with Gasteiger partial charge in [-0.05, 0) is 61.4 Å². The van der Waals surface area contributed by atoms with Gasteiger partial charge < -0.3 is 5.32 Å². The fourth-order valence-corrected chi connectivity index (χ4v) is 3.84. The molecule has 1 nitrogen and oxygen atoms in total. The van der Waals surface area contributed by atoms with Crippen molar-refractivity contribution < 1.29 is 0 Å². The van der Waals surface area contributed by atoms with Crippen LogP contribution in [0.5, 0.6) is 0 Å². The van der Waals surface area contributed by atoms with E-state index in [1.54, 1.807) is 0 Å². The molecule has 0 spiro atoms. The van der Waals surface area contributed by atoms with E-state index in [-0.39, 0.29) is 0 Å². The molecular weight excluding hydrogens is 250 g/mol. The summed E-state index contributed by atoms with van der Waals surface area (Å²) in [5, 5.41) is 3.64. The zero-order valence-electron chi connectivity index (χ0n) is 12.3. The SMILES string of the molecule is CCCNCC(C)(CCSc1ccccc1)C1CC1. The quantitative estimate of drug-likeness (QED) is 0.523. The maximum absolute atomic E-state index is 3.64. The zero-order valence-corrected chi connectivity index (χ0v) is 13.1. The molecule has 106 valence electrons. The first-order chi connectivity index (χ1) is 9.24. The molecule has 2 rings (SSSR count). The molecular formula is C17H27NS. The van der Waals surface area contributed by atoms with Crippen LogP contribution in [-0.4, -0.2) is 18.8 Å². The van der Waals surface area contributed by atoms with Crippen LogP contribution in [0.2, 0.25) is 0 Å². The highest BCUT2D eigenvalue weighted by Gasteiger charge is 2.40. The van der Waals surface area contributed by atoms with Crippen LogP contribution in [0.25, 0.3) is 0 Å². The molecule has 1 atom stereocenters. The average Bonchev–Trinajstić information content (AvgIpc) is 3.25. The van der Waals surface area contributed by atoms with E-state index in [2.05, 4.69) is 49.5 Å². The Hall–Kier alpha value is -0.470. The van der Waals surface area contributed by atoms with Crippen molar-refractivity contribution in [3.05, 3.63) is 30.3 Å². The van der Waals surface area contributed by atoms with E-state index in [1.165, 1.54) is 42.9 Å². The molecule has 1 aliphatic rings. The van der Waals surface area contributed by atoms with Crippen molar-refractivity contribution in [3.63, 3.8) is 0 Å². The number of rotatable bonds is 9. The van der Waals surface area contributed by atoms with E-state index in [4.69, 9.17) is 0 Å². The Kier molecular flexibility index (Phi) is 5.77. The molecule has 2 heteroatoms. The van der Waals surface area contributed by atoms with E-state index in [0.717, 1.165) is 12.5 Å². The standard InChI is InChI=1S/C17H27NS/c1-3-12-18-14-17(2,15-9-10-15)11-13-19-16-7-5-4-6-8-16/h4-8,15,18H,3,9-14H2,1-2H3. The smallest absolute Gasteiger partial charge is 0.00719 e. The Balaban J connectivity index is 1.77. The van der Waals surface area contributed by atoms with Gasteiger partial charge in [0.25, 0.3) is 0 Å². The van der Waals surface area contributed by atoms with Gasteiger partial charge in [-0.3, -0.25) is 0 Å². The fraction of sp³-hybridized carbons (Fsp3) is 0.647. The summed E-state index contributed by atoms with van der Waals surface area (Å²) < 4.78 is 0. The highest BCUT2D eigenvalue weighted by Crippen LogP contribution is 2.47. The molecule has 1 aromatic rings. The van der Waals surface area contributed by atoms with Gasteiger partial charge in [-0.25, -0.2) is 0 Å². The van der Waals surface area contributed by atoms with Gasteiger partial charge in [0.2, 0.25) is 0 Å². The van der Waals surface area contributed by atoms with Crippen LogP contribution in [0.4, 0.5) is 0 Å². The molecule has 1 aromatic carbocycles. The van der Waals surface area contributed by atoms with Crippen LogP contribution in [0.3, 0.4) is 0 Å². The molecule has 0 radical (unpaired) electrons. The second kappa shape index (κ2) is 7.35. The van der Waals surface area contributed by atoms with E-state index < -0.39 is 0 Å². The Bertz CT molecular complexity index is 361. The highest BCUT2D eigenvalue weighted by atomic mass is 32.2. The average molecular weight is 277 g/mol. The van der Waals surface area contributed by atoms with Crippen molar-refractivity contribution in [1.82, 2.24) is 5.32 Å². The van der Waals surface area contributed by atoms with Crippen LogP contribution in [-0.2, 0) is 0 Å². The Labute approximate surface area is 122 Å². The van der Waals surface area contributed by atoms with E-state index in [9.17, 15) is 0 Å². The Morgan fingerprint density at radius 3 is 2.63 bits per heavy atom. The van der Waals surface area contributed by atoms with Gasteiger partial charge >= 0.3 is 0 Å². The largest absolute Gasteiger partial charge is 0.316 e. The minimum absolute atomic E-state index is 0.511. The van der Waals surface area contributed by atoms with Crippen molar-refractivity contribution in [1.29, 1.82) is 0 Å². The Morgan fingerprint density at radius 2 is 2.00 bits per heavy atom. The summed E-state index contributed by atoms with van der Waals surface area (Å²) >= 11 is 2.00. The maximum Gasteiger partial charge on any atom is 0.00719 e. The second-order valence-corrected chi connectivity index (χ2v) is 7.18. The molecule has 1 fully saturated rings. The molecule has 0 amide bonds. The summed E-state index contributed by atoms with van der Waals surface area (Å²) in [6.45, 7) is 7.08. The first-order valence-corrected chi connectivity index (χ1v) is 8.62. The third-order valence-corrected chi connectivity index (χ3v) is 5.22. The van der Waals surface area contributed by atoms with Crippen LogP contribution >= 0.6 is 11.8 Å². The molecule has 0 saturated heterocycles. The first-order valence-electron chi connectivity index (χ1n) is 7.63. The van der Waals surface area contributed by atoms with Crippen molar-refractivity contribution in [2.75, 3.05) is 18.8 Å². The van der Waals surface area contributed by atoms with Gasteiger partial charge in [-0.1, -0.05) is 32.0 Å². The number of thioether (sulfide) groups is 1. The lowest BCUT2D eigenvalue weighted by Crippen LogP contribution is -2.34. The fourth-order valence-electron chi connectivity index (χ4n) is 2.69. The monoisotopic (exact) mass is 277 g/mol. The minimum atomic E-state index is 0.511. The van der Waals surface area contributed by atoms with Crippen molar-refractivity contribution in [3.8, 4) is 0 Å². The third kappa shape index (κ3) is 4.85. The molecule has 1 saturated carbocycles. The number of benzene rings is 1. The topological polar surface area (TPSA) is 12.0 Å². The van der Waals surface area contributed by atoms with Gasteiger partial charge in [0.1, 0.15) is 0 Å². The van der Waals surface area contributed by atoms with Crippen molar-refractivity contribution >= 4 is 11.8 Å². The van der Waals surface area contributed by atoms with E-state index in [0.29, 0.717) is 5.41 Å².